The fraction of sp³-hybridized carbons (Fsp3) is 0.400. The van der Waals surface area contributed by atoms with Crippen LogP contribution in [0, 0.1) is 13.8 Å². The van der Waals surface area contributed by atoms with E-state index in [4.69, 9.17) is 4.74 Å². The topological polar surface area (TPSA) is 39.1 Å². The van der Waals surface area contributed by atoms with E-state index in [-0.39, 0.29) is 0 Å². The molecule has 100 valence electrons. The quantitative estimate of drug-likeness (QED) is 0.910. The summed E-state index contributed by atoms with van der Waals surface area (Å²) in [4.78, 5) is 0. The Morgan fingerprint density at radius 2 is 2.00 bits per heavy atom. The summed E-state index contributed by atoms with van der Waals surface area (Å²) in [6.07, 6.45) is 0. The Morgan fingerprint density at radius 1 is 1.26 bits per heavy atom. The molecule has 1 aliphatic heterocycles. The van der Waals surface area contributed by atoms with Crippen LogP contribution >= 0.6 is 0 Å². The van der Waals surface area contributed by atoms with E-state index in [2.05, 4.69) is 36.4 Å². The van der Waals surface area contributed by atoms with Crippen LogP contribution in [0.2, 0.25) is 0 Å². The molecule has 1 N–H and O–H groups in total. The molecule has 4 nitrogen and oxygen atoms in total. The Hall–Kier alpha value is -1.65. The molecule has 0 unspecified atom stereocenters. The van der Waals surface area contributed by atoms with Gasteiger partial charge in [0.15, 0.2) is 0 Å². The van der Waals surface area contributed by atoms with Crippen molar-refractivity contribution < 1.29 is 4.74 Å². The molecule has 0 bridgehead atoms. The molecule has 1 fully saturated rings. The molecule has 1 aliphatic rings. The highest BCUT2D eigenvalue weighted by Crippen LogP contribution is 2.18. The maximum absolute atomic E-state index is 5.17. The summed E-state index contributed by atoms with van der Waals surface area (Å²) in [5.74, 6) is 0. The van der Waals surface area contributed by atoms with Crippen LogP contribution in [0.1, 0.15) is 17.0 Å². The molecule has 0 spiro atoms. The zero-order valence-corrected chi connectivity index (χ0v) is 11.4. The molecule has 3 rings (SSSR count). The number of benzene rings is 1. The summed E-state index contributed by atoms with van der Waals surface area (Å²) in [6, 6.07) is 10.8. The van der Waals surface area contributed by atoms with Crippen LogP contribution in [0.15, 0.2) is 30.3 Å². The number of hydrogen-bond donors (Lipinski definition) is 1. The lowest BCUT2D eigenvalue weighted by molar-refractivity contribution is -0.00582. The molecule has 0 radical (unpaired) electrons. The smallest absolute Gasteiger partial charge is 0.0648 e. The number of para-hydroxylation sites is 1. The van der Waals surface area contributed by atoms with Crippen LogP contribution in [-0.4, -0.2) is 29.0 Å². The molecular weight excluding hydrogens is 238 g/mol. The standard InChI is InChI=1S/C15H19N3O/c1-11-15(8-16-13-9-19-10-13)12(2)18(17-11)14-6-4-3-5-7-14/h3-7,13,16H,8-10H2,1-2H3. The van der Waals surface area contributed by atoms with Gasteiger partial charge in [-0.2, -0.15) is 5.10 Å². The van der Waals surface area contributed by atoms with Crippen molar-refractivity contribution in [2.75, 3.05) is 13.2 Å². The van der Waals surface area contributed by atoms with E-state index in [9.17, 15) is 0 Å². The molecule has 4 heteroatoms. The van der Waals surface area contributed by atoms with E-state index in [1.54, 1.807) is 0 Å². The van der Waals surface area contributed by atoms with Gasteiger partial charge in [-0.15, -0.1) is 0 Å². The van der Waals surface area contributed by atoms with Gasteiger partial charge in [-0.1, -0.05) is 18.2 Å². The van der Waals surface area contributed by atoms with Crippen molar-refractivity contribution in [2.45, 2.75) is 26.4 Å². The number of nitrogens with zero attached hydrogens (tertiary/aromatic N) is 2. The summed E-state index contributed by atoms with van der Waals surface area (Å²) >= 11 is 0. The van der Waals surface area contributed by atoms with Crippen molar-refractivity contribution in [3.8, 4) is 5.69 Å². The minimum absolute atomic E-state index is 0.499. The monoisotopic (exact) mass is 257 g/mol. The van der Waals surface area contributed by atoms with Gasteiger partial charge in [0.05, 0.1) is 30.6 Å². The second-order valence-corrected chi connectivity index (χ2v) is 5.01. The number of aromatic nitrogens is 2. The third-order valence-corrected chi connectivity index (χ3v) is 3.65. The van der Waals surface area contributed by atoms with Crippen LogP contribution in [0.4, 0.5) is 0 Å². The third kappa shape index (κ3) is 2.41. The van der Waals surface area contributed by atoms with Crippen LogP contribution in [0.3, 0.4) is 0 Å². The third-order valence-electron chi connectivity index (χ3n) is 3.65. The van der Waals surface area contributed by atoms with Gasteiger partial charge in [-0.25, -0.2) is 4.68 Å². The van der Waals surface area contributed by atoms with Gasteiger partial charge in [-0.05, 0) is 26.0 Å². The predicted octanol–water partition coefficient (Wildman–Crippen LogP) is 1.98. The Kier molecular flexibility index (Phi) is 3.36. The highest BCUT2D eigenvalue weighted by atomic mass is 16.5. The number of aryl methyl sites for hydroxylation is 1. The first-order chi connectivity index (χ1) is 9.25. The molecule has 0 amide bonds. The number of rotatable bonds is 4. The van der Waals surface area contributed by atoms with Crippen LogP contribution in [0.5, 0.6) is 0 Å². The molecule has 0 atom stereocenters. The minimum atomic E-state index is 0.499. The Balaban J connectivity index is 1.83. The SMILES string of the molecule is Cc1nn(-c2ccccc2)c(C)c1CNC1COC1. The van der Waals surface area contributed by atoms with E-state index in [1.165, 1.54) is 11.3 Å². The minimum Gasteiger partial charge on any atom is -0.378 e. The average Bonchev–Trinajstić information content (AvgIpc) is 2.65. The lowest BCUT2D eigenvalue weighted by Crippen LogP contribution is -2.45. The Morgan fingerprint density at radius 3 is 2.63 bits per heavy atom. The number of hydrogen-bond acceptors (Lipinski definition) is 3. The zero-order valence-electron chi connectivity index (χ0n) is 11.4. The summed E-state index contributed by atoms with van der Waals surface area (Å²) in [5, 5.41) is 8.15. The van der Waals surface area contributed by atoms with Crippen molar-refractivity contribution in [1.29, 1.82) is 0 Å². The molecule has 2 heterocycles. The van der Waals surface area contributed by atoms with E-state index in [0.29, 0.717) is 6.04 Å². The summed E-state index contributed by atoms with van der Waals surface area (Å²) < 4.78 is 7.19. The van der Waals surface area contributed by atoms with E-state index < -0.39 is 0 Å². The molecule has 0 saturated carbocycles. The Labute approximate surface area is 113 Å². The molecule has 1 aromatic heterocycles. The van der Waals surface area contributed by atoms with Crippen molar-refractivity contribution in [1.82, 2.24) is 15.1 Å². The maximum atomic E-state index is 5.17. The van der Waals surface area contributed by atoms with Crippen molar-refractivity contribution in [2.24, 2.45) is 0 Å². The Bertz CT molecular complexity index is 558. The zero-order chi connectivity index (χ0) is 13.2. The van der Waals surface area contributed by atoms with Gasteiger partial charge in [-0.3, -0.25) is 0 Å². The fourth-order valence-corrected chi connectivity index (χ4v) is 2.35. The van der Waals surface area contributed by atoms with Gasteiger partial charge in [0.1, 0.15) is 0 Å². The van der Waals surface area contributed by atoms with Crippen molar-refractivity contribution in [3.05, 3.63) is 47.3 Å². The van der Waals surface area contributed by atoms with Gasteiger partial charge in [0.2, 0.25) is 0 Å². The average molecular weight is 257 g/mol. The molecular formula is C15H19N3O. The van der Waals surface area contributed by atoms with Crippen LogP contribution in [0.25, 0.3) is 5.69 Å². The first-order valence-electron chi connectivity index (χ1n) is 6.67. The predicted molar refractivity (Wildman–Crippen MR) is 74.5 cm³/mol. The first kappa shape index (κ1) is 12.4. The molecule has 1 aromatic carbocycles. The highest BCUT2D eigenvalue weighted by molar-refractivity contribution is 5.36. The van der Waals surface area contributed by atoms with E-state index >= 15 is 0 Å². The largest absolute Gasteiger partial charge is 0.378 e. The fourth-order valence-electron chi connectivity index (χ4n) is 2.35. The summed E-state index contributed by atoms with van der Waals surface area (Å²) in [6.45, 7) is 6.70. The van der Waals surface area contributed by atoms with E-state index in [1.807, 2.05) is 22.9 Å². The van der Waals surface area contributed by atoms with Gasteiger partial charge < -0.3 is 10.1 Å². The lowest BCUT2D eigenvalue weighted by atomic mass is 10.1. The molecule has 19 heavy (non-hydrogen) atoms. The van der Waals surface area contributed by atoms with Gasteiger partial charge in [0.25, 0.3) is 0 Å². The summed E-state index contributed by atoms with van der Waals surface area (Å²) in [5.41, 5.74) is 4.70. The second-order valence-electron chi connectivity index (χ2n) is 5.01. The molecule has 1 saturated heterocycles. The van der Waals surface area contributed by atoms with Crippen molar-refractivity contribution in [3.63, 3.8) is 0 Å². The van der Waals surface area contributed by atoms with Crippen LogP contribution in [-0.2, 0) is 11.3 Å². The number of ether oxygens (including phenoxy) is 1. The maximum Gasteiger partial charge on any atom is 0.0648 e. The highest BCUT2D eigenvalue weighted by Gasteiger charge is 2.19. The van der Waals surface area contributed by atoms with Gasteiger partial charge in [0, 0.05) is 17.8 Å². The first-order valence-corrected chi connectivity index (χ1v) is 6.67. The van der Waals surface area contributed by atoms with Crippen LogP contribution < -0.4 is 5.32 Å². The normalized spacial score (nSPS) is 15.5. The molecule has 2 aromatic rings. The number of nitrogens with one attached hydrogen (secondary N) is 1. The van der Waals surface area contributed by atoms with Gasteiger partial charge >= 0.3 is 0 Å². The molecule has 0 aliphatic carbocycles. The lowest BCUT2D eigenvalue weighted by Gasteiger charge is -2.27. The van der Waals surface area contributed by atoms with E-state index in [0.717, 1.165) is 31.1 Å². The second kappa shape index (κ2) is 5.15. The summed E-state index contributed by atoms with van der Waals surface area (Å²) in [7, 11) is 0. The van der Waals surface area contributed by atoms with Crippen molar-refractivity contribution >= 4 is 0 Å².